The number of aromatic nitrogens is 3. The Morgan fingerprint density at radius 3 is 2.34 bits per heavy atom. The predicted molar refractivity (Wildman–Crippen MR) is 95.3 cm³/mol. The summed E-state index contributed by atoms with van der Waals surface area (Å²) in [5, 5.41) is 4.94. The molecule has 0 radical (unpaired) electrons. The van der Waals surface area contributed by atoms with Crippen LogP contribution in [0.4, 0.5) is 26.3 Å². The van der Waals surface area contributed by atoms with Crippen molar-refractivity contribution in [2.24, 2.45) is 0 Å². The Labute approximate surface area is 178 Å². The third-order valence-corrected chi connectivity index (χ3v) is 4.40. The van der Waals surface area contributed by atoms with Crippen LogP contribution < -0.4 is 9.57 Å². The fraction of sp³-hybridized carbons (Fsp3) is 0.556. The Kier molecular flexibility index (Phi) is 7.46. The molecule has 3 rings (SSSR count). The molecule has 0 aliphatic carbocycles. The van der Waals surface area contributed by atoms with Crippen molar-refractivity contribution in [1.29, 1.82) is 0 Å². The van der Waals surface area contributed by atoms with Gasteiger partial charge >= 0.3 is 12.4 Å². The molecule has 1 aliphatic rings. The van der Waals surface area contributed by atoms with Gasteiger partial charge in [0.05, 0.1) is 11.8 Å². The molecule has 178 valence electrons. The van der Waals surface area contributed by atoms with Gasteiger partial charge in [0.25, 0.3) is 0 Å². The molecular weight excluding hydrogens is 450 g/mol. The molecule has 1 aliphatic heterocycles. The quantitative estimate of drug-likeness (QED) is 0.331. The third kappa shape index (κ3) is 6.46. The van der Waals surface area contributed by atoms with Gasteiger partial charge in [0.15, 0.2) is 5.75 Å². The largest absolute Gasteiger partial charge is 0.486 e. The average Bonchev–Trinajstić information content (AvgIpc) is 3.12. The van der Waals surface area contributed by atoms with E-state index in [1.54, 1.807) is 0 Å². The number of piperidine rings is 1. The van der Waals surface area contributed by atoms with E-state index in [0.717, 1.165) is 23.0 Å². The lowest BCUT2D eigenvalue weighted by atomic mass is 10.1. The Hall–Kier alpha value is -2.58. The summed E-state index contributed by atoms with van der Waals surface area (Å²) < 4.78 is 93.8. The van der Waals surface area contributed by atoms with Crippen molar-refractivity contribution in [3.05, 3.63) is 35.8 Å². The number of hydrogen-bond acceptors (Lipinski definition) is 7. The van der Waals surface area contributed by atoms with Gasteiger partial charge in [0.2, 0.25) is 11.6 Å². The van der Waals surface area contributed by atoms with Gasteiger partial charge in [-0.2, -0.15) is 31.4 Å². The van der Waals surface area contributed by atoms with Crippen molar-refractivity contribution in [2.45, 2.75) is 38.0 Å². The van der Waals surface area contributed by atoms with Crippen LogP contribution in [0.2, 0.25) is 0 Å². The number of halogens is 6. The van der Waals surface area contributed by atoms with Crippen LogP contribution in [0, 0.1) is 0 Å². The number of rotatable bonds is 8. The van der Waals surface area contributed by atoms with Gasteiger partial charge in [-0.05, 0) is 6.07 Å². The number of hydrogen-bond donors (Lipinski definition) is 0. The van der Waals surface area contributed by atoms with E-state index in [1.165, 1.54) is 12.2 Å². The lowest BCUT2D eigenvalue weighted by Crippen LogP contribution is -2.40. The monoisotopic (exact) mass is 470 g/mol. The fourth-order valence-electron chi connectivity index (χ4n) is 2.92. The first-order valence-electron chi connectivity index (χ1n) is 9.40. The summed E-state index contributed by atoms with van der Waals surface area (Å²) in [5.74, 6) is -0.434. The topological polar surface area (TPSA) is 70.9 Å². The number of methoxy groups -OCH3 is 1. The third-order valence-electron chi connectivity index (χ3n) is 4.40. The summed E-state index contributed by atoms with van der Waals surface area (Å²) >= 11 is 0. The summed E-state index contributed by atoms with van der Waals surface area (Å²) in [5.41, 5.74) is -2.06. The maximum atomic E-state index is 13.3. The van der Waals surface area contributed by atoms with Crippen molar-refractivity contribution in [2.75, 3.05) is 27.0 Å². The SMILES string of the molecule is COCOCn1cc(OC2CCN(Oc3ccc(C(F)(F)F)cn3)CC2)c(C(F)(F)F)n1. The van der Waals surface area contributed by atoms with Gasteiger partial charge in [-0.25, -0.2) is 9.67 Å². The molecule has 14 heteroatoms. The average molecular weight is 470 g/mol. The smallest absolute Gasteiger partial charge is 0.438 e. The Morgan fingerprint density at radius 2 is 1.78 bits per heavy atom. The van der Waals surface area contributed by atoms with E-state index < -0.39 is 35.5 Å². The van der Waals surface area contributed by atoms with Crippen LogP contribution in [0.25, 0.3) is 0 Å². The van der Waals surface area contributed by atoms with Crippen molar-refractivity contribution in [3.8, 4) is 11.6 Å². The highest BCUT2D eigenvalue weighted by Crippen LogP contribution is 2.36. The maximum absolute atomic E-state index is 13.3. The number of nitrogens with zero attached hydrogens (tertiary/aromatic N) is 4. The molecule has 0 atom stereocenters. The van der Waals surface area contributed by atoms with Gasteiger partial charge in [-0.1, -0.05) is 0 Å². The maximum Gasteiger partial charge on any atom is 0.438 e. The zero-order valence-electron chi connectivity index (χ0n) is 16.8. The lowest BCUT2D eigenvalue weighted by Gasteiger charge is -2.31. The minimum Gasteiger partial charge on any atom is -0.486 e. The standard InChI is InChI=1S/C18H20F6N4O4/c1-29-11-30-10-27-9-14(16(26-27)18(22,23)24)31-13-4-6-28(7-5-13)32-15-3-2-12(8-25-15)17(19,20)21/h2-3,8-9,13H,4-7,10-11H2,1H3. The summed E-state index contributed by atoms with van der Waals surface area (Å²) in [4.78, 5) is 9.06. The van der Waals surface area contributed by atoms with Gasteiger partial charge in [-0.15, -0.1) is 5.06 Å². The van der Waals surface area contributed by atoms with Crippen LogP contribution in [0.3, 0.4) is 0 Å². The number of hydroxylamine groups is 2. The van der Waals surface area contributed by atoms with E-state index >= 15 is 0 Å². The molecule has 0 saturated carbocycles. The van der Waals surface area contributed by atoms with Crippen LogP contribution in [0.1, 0.15) is 24.1 Å². The highest BCUT2D eigenvalue weighted by molar-refractivity contribution is 5.27. The number of pyridine rings is 1. The van der Waals surface area contributed by atoms with Crippen LogP contribution >= 0.6 is 0 Å². The molecule has 0 amide bonds. The molecule has 3 heterocycles. The van der Waals surface area contributed by atoms with Crippen molar-refractivity contribution < 1.29 is 45.4 Å². The molecule has 32 heavy (non-hydrogen) atoms. The first kappa shape index (κ1) is 24.1. The van der Waals surface area contributed by atoms with E-state index in [9.17, 15) is 26.3 Å². The van der Waals surface area contributed by atoms with E-state index in [-0.39, 0.29) is 32.5 Å². The van der Waals surface area contributed by atoms with Gasteiger partial charge in [0, 0.05) is 45.3 Å². The second-order valence-electron chi connectivity index (χ2n) is 6.84. The van der Waals surface area contributed by atoms with E-state index in [2.05, 4.69) is 14.8 Å². The Morgan fingerprint density at radius 1 is 1.06 bits per heavy atom. The highest BCUT2D eigenvalue weighted by atomic mass is 19.4. The summed E-state index contributed by atoms with van der Waals surface area (Å²) in [6, 6.07) is 1.95. The predicted octanol–water partition coefficient (Wildman–Crippen LogP) is 3.73. The summed E-state index contributed by atoms with van der Waals surface area (Å²) in [6.07, 6.45) is -7.33. The van der Waals surface area contributed by atoms with Crippen molar-refractivity contribution >= 4 is 0 Å². The number of alkyl halides is 6. The molecule has 0 bridgehead atoms. The normalized spacial score (nSPS) is 16.3. The second kappa shape index (κ2) is 9.92. The lowest BCUT2D eigenvalue weighted by molar-refractivity contribution is -0.144. The van der Waals surface area contributed by atoms with Crippen LogP contribution in [0.5, 0.6) is 11.6 Å². The highest BCUT2D eigenvalue weighted by Gasteiger charge is 2.39. The first-order chi connectivity index (χ1) is 15.1. The molecule has 0 N–H and O–H groups in total. The molecule has 0 spiro atoms. The molecule has 2 aromatic heterocycles. The van der Waals surface area contributed by atoms with Gasteiger partial charge in [0.1, 0.15) is 19.6 Å². The van der Waals surface area contributed by atoms with Crippen molar-refractivity contribution in [1.82, 2.24) is 19.8 Å². The number of ether oxygens (including phenoxy) is 3. The molecule has 2 aromatic rings. The molecule has 8 nitrogen and oxygen atoms in total. The molecule has 0 unspecified atom stereocenters. The van der Waals surface area contributed by atoms with E-state index in [4.69, 9.17) is 14.3 Å². The minimum atomic E-state index is -4.71. The molecular formula is C18H20F6N4O4. The molecule has 1 saturated heterocycles. The molecule has 0 aromatic carbocycles. The Bertz CT molecular complexity index is 864. The molecule has 1 fully saturated rings. The van der Waals surface area contributed by atoms with E-state index in [1.807, 2.05) is 0 Å². The zero-order valence-corrected chi connectivity index (χ0v) is 16.8. The summed E-state index contributed by atoms with van der Waals surface area (Å²) in [7, 11) is 1.38. The fourth-order valence-corrected chi connectivity index (χ4v) is 2.92. The minimum absolute atomic E-state index is 0.0194. The zero-order chi connectivity index (χ0) is 23.4. The van der Waals surface area contributed by atoms with Crippen LogP contribution in [-0.4, -0.2) is 52.9 Å². The Balaban J connectivity index is 1.55. The van der Waals surface area contributed by atoms with Gasteiger partial charge < -0.3 is 19.0 Å². The van der Waals surface area contributed by atoms with Crippen molar-refractivity contribution in [3.63, 3.8) is 0 Å². The second-order valence-corrected chi connectivity index (χ2v) is 6.84. The van der Waals surface area contributed by atoms with Crippen LogP contribution in [-0.2, 0) is 28.6 Å². The van der Waals surface area contributed by atoms with Gasteiger partial charge in [-0.3, -0.25) is 0 Å². The summed E-state index contributed by atoms with van der Waals surface area (Å²) in [6.45, 7) is 0.204. The van der Waals surface area contributed by atoms with E-state index in [0.29, 0.717) is 19.0 Å². The van der Waals surface area contributed by atoms with Crippen LogP contribution in [0.15, 0.2) is 24.5 Å². The first-order valence-corrected chi connectivity index (χ1v) is 9.40.